The molecule has 2 aromatic rings. The summed E-state index contributed by atoms with van der Waals surface area (Å²) in [5.41, 5.74) is 1.47. The van der Waals surface area contributed by atoms with Crippen molar-refractivity contribution in [1.82, 2.24) is 10.3 Å². The molecule has 1 N–H and O–H groups in total. The summed E-state index contributed by atoms with van der Waals surface area (Å²) < 4.78 is 5.15. The Balaban J connectivity index is 2.11. The predicted molar refractivity (Wildman–Crippen MR) is 90.5 cm³/mol. The first kappa shape index (κ1) is 16.5. The number of ether oxygens (including phenoxy) is 1. The maximum absolute atomic E-state index is 12.3. The Morgan fingerprint density at radius 3 is 2.55 bits per heavy atom. The van der Waals surface area contributed by atoms with Crippen LogP contribution in [0.2, 0.25) is 0 Å². The van der Waals surface area contributed by atoms with Crippen molar-refractivity contribution in [3.63, 3.8) is 0 Å². The van der Waals surface area contributed by atoms with Gasteiger partial charge in [0.2, 0.25) is 0 Å². The van der Waals surface area contributed by atoms with Crippen LogP contribution in [0, 0.1) is 5.92 Å². The summed E-state index contributed by atoms with van der Waals surface area (Å²) >= 11 is 1.47. The molecule has 0 aliphatic heterocycles. The zero-order valence-electron chi connectivity index (χ0n) is 13.4. The summed E-state index contributed by atoms with van der Waals surface area (Å²) in [4.78, 5) is 16.7. The first-order valence-electron chi connectivity index (χ1n) is 7.46. The topological polar surface area (TPSA) is 51.2 Å². The Hall–Kier alpha value is -1.88. The molecular formula is C17H22N2O2S. The first-order chi connectivity index (χ1) is 10.5. The normalized spacial score (nSPS) is 12.2. The van der Waals surface area contributed by atoms with Gasteiger partial charge in [-0.15, -0.1) is 11.3 Å². The highest BCUT2D eigenvalue weighted by atomic mass is 32.1. The van der Waals surface area contributed by atoms with Crippen molar-refractivity contribution in [1.29, 1.82) is 0 Å². The zero-order valence-corrected chi connectivity index (χ0v) is 14.2. The van der Waals surface area contributed by atoms with Gasteiger partial charge >= 0.3 is 0 Å². The quantitative estimate of drug-likeness (QED) is 0.876. The van der Waals surface area contributed by atoms with Crippen LogP contribution in [0.5, 0.6) is 5.75 Å². The van der Waals surface area contributed by atoms with Crippen molar-refractivity contribution in [3.8, 4) is 16.3 Å². The number of amides is 1. The molecule has 0 aliphatic rings. The number of hydrogen-bond donors (Lipinski definition) is 1. The van der Waals surface area contributed by atoms with Crippen LogP contribution in [0.1, 0.15) is 37.7 Å². The van der Waals surface area contributed by atoms with E-state index in [1.807, 2.05) is 29.6 Å². The Morgan fingerprint density at radius 2 is 2.00 bits per heavy atom. The summed E-state index contributed by atoms with van der Waals surface area (Å²) in [5.74, 6) is 1.12. The van der Waals surface area contributed by atoms with E-state index < -0.39 is 0 Å². The molecule has 1 aromatic carbocycles. The summed E-state index contributed by atoms with van der Waals surface area (Å²) in [6.45, 7) is 6.30. The number of hydrogen-bond acceptors (Lipinski definition) is 4. The van der Waals surface area contributed by atoms with Crippen LogP contribution in [0.15, 0.2) is 29.6 Å². The second kappa shape index (κ2) is 7.40. The van der Waals surface area contributed by atoms with Crippen LogP contribution < -0.4 is 10.1 Å². The third-order valence-electron chi connectivity index (χ3n) is 3.63. The monoisotopic (exact) mass is 318 g/mol. The zero-order chi connectivity index (χ0) is 16.1. The van der Waals surface area contributed by atoms with E-state index >= 15 is 0 Å². The van der Waals surface area contributed by atoms with Gasteiger partial charge in [0.05, 0.1) is 7.11 Å². The van der Waals surface area contributed by atoms with Gasteiger partial charge < -0.3 is 10.1 Å². The van der Waals surface area contributed by atoms with Crippen molar-refractivity contribution in [2.75, 3.05) is 7.11 Å². The highest BCUT2D eigenvalue weighted by molar-refractivity contribution is 7.13. The Kier molecular flexibility index (Phi) is 5.55. The summed E-state index contributed by atoms with van der Waals surface area (Å²) in [6, 6.07) is 7.86. The molecule has 0 aliphatic carbocycles. The van der Waals surface area contributed by atoms with E-state index in [-0.39, 0.29) is 11.9 Å². The maximum atomic E-state index is 12.3. The molecule has 1 amide bonds. The third kappa shape index (κ3) is 3.85. The van der Waals surface area contributed by atoms with E-state index in [1.54, 1.807) is 7.11 Å². The summed E-state index contributed by atoms with van der Waals surface area (Å²) in [5, 5.41) is 5.70. The van der Waals surface area contributed by atoms with Gasteiger partial charge in [-0.3, -0.25) is 4.79 Å². The molecule has 0 saturated heterocycles. The number of carbonyl (C=O) groups is 1. The molecule has 0 bridgehead atoms. The summed E-state index contributed by atoms with van der Waals surface area (Å²) in [7, 11) is 1.64. The fourth-order valence-electron chi connectivity index (χ4n) is 2.23. The number of carbonyl (C=O) groups excluding carboxylic acids is 1. The van der Waals surface area contributed by atoms with Crippen LogP contribution in [-0.4, -0.2) is 24.0 Å². The molecule has 22 heavy (non-hydrogen) atoms. The predicted octanol–water partition coefficient (Wildman–Crippen LogP) is 3.98. The molecule has 0 saturated carbocycles. The van der Waals surface area contributed by atoms with Crippen LogP contribution in [0.4, 0.5) is 0 Å². The molecule has 2 rings (SSSR count). The highest BCUT2D eigenvalue weighted by Crippen LogP contribution is 2.25. The van der Waals surface area contributed by atoms with Crippen LogP contribution in [-0.2, 0) is 0 Å². The van der Waals surface area contributed by atoms with E-state index in [0.717, 1.165) is 22.7 Å². The van der Waals surface area contributed by atoms with Gasteiger partial charge in [-0.1, -0.05) is 20.8 Å². The van der Waals surface area contributed by atoms with E-state index in [2.05, 4.69) is 31.1 Å². The lowest BCUT2D eigenvalue weighted by atomic mass is 10.0. The largest absolute Gasteiger partial charge is 0.497 e. The van der Waals surface area contributed by atoms with Gasteiger partial charge in [0.1, 0.15) is 16.5 Å². The van der Waals surface area contributed by atoms with E-state index in [0.29, 0.717) is 11.6 Å². The lowest BCUT2D eigenvalue weighted by molar-refractivity contribution is 0.0920. The molecule has 5 heteroatoms. The molecule has 1 unspecified atom stereocenters. The standard InChI is InChI=1S/C17H22N2O2S/c1-5-14(11(2)3)18-16(20)15-10-22-17(19-15)12-6-8-13(21-4)9-7-12/h6-11,14H,5H2,1-4H3,(H,18,20). The van der Waals surface area contributed by atoms with Gasteiger partial charge in [0.15, 0.2) is 0 Å². The number of aromatic nitrogens is 1. The SMILES string of the molecule is CCC(NC(=O)c1csc(-c2ccc(OC)cc2)n1)C(C)C. The lowest BCUT2D eigenvalue weighted by Gasteiger charge is -2.19. The minimum Gasteiger partial charge on any atom is -0.497 e. The molecule has 1 heterocycles. The molecule has 1 aromatic heterocycles. The first-order valence-corrected chi connectivity index (χ1v) is 8.34. The second-order valence-electron chi connectivity index (χ2n) is 5.50. The highest BCUT2D eigenvalue weighted by Gasteiger charge is 2.17. The Bertz CT molecular complexity index is 620. The van der Waals surface area contributed by atoms with Gasteiger partial charge in [0.25, 0.3) is 5.91 Å². The van der Waals surface area contributed by atoms with Gasteiger partial charge in [-0.25, -0.2) is 4.98 Å². The van der Waals surface area contributed by atoms with Crippen molar-refractivity contribution in [2.45, 2.75) is 33.2 Å². The molecule has 1 atom stereocenters. The average molecular weight is 318 g/mol. The fraction of sp³-hybridized carbons (Fsp3) is 0.412. The van der Waals surface area contributed by atoms with E-state index in [1.165, 1.54) is 11.3 Å². The number of rotatable bonds is 6. The number of nitrogens with one attached hydrogen (secondary N) is 1. The van der Waals surface area contributed by atoms with Crippen molar-refractivity contribution < 1.29 is 9.53 Å². The number of nitrogens with zero attached hydrogens (tertiary/aromatic N) is 1. The van der Waals surface area contributed by atoms with Crippen molar-refractivity contribution in [2.24, 2.45) is 5.92 Å². The van der Waals surface area contributed by atoms with Crippen LogP contribution in [0.3, 0.4) is 0 Å². The van der Waals surface area contributed by atoms with Gasteiger partial charge in [0, 0.05) is 17.0 Å². The molecule has 0 radical (unpaired) electrons. The summed E-state index contributed by atoms with van der Waals surface area (Å²) in [6.07, 6.45) is 0.916. The van der Waals surface area contributed by atoms with Crippen LogP contribution >= 0.6 is 11.3 Å². The molecule has 4 nitrogen and oxygen atoms in total. The Morgan fingerprint density at radius 1 is 1.32 bits per heavy atom. The number of benzene rings is 1. The van der Waals surface area contributed by atoms with Crippen molar-refractivity contribution >= 4 is 17.2 Å². The third-order valence-corrected chi connectivity index (χ3v) is 4.53. The lowest BCUT2D eigenvalue weighted by Crippen LogP contribution is -2.38. The number of thiazole rings is 1. The maximum Gasteiger partial charge on any atom is 0.271 e. The fourth-order valence-corrected chi connectivity index (χ4v) is 3.03. The number of methoxy groups -OCH3 is 1. The van der Waals surface area contributed by atoms with Crippen molar-refractivity contribution in [3.05, 3.63) is 35.3 Å². The van der Waals surface area contributed by atoms with Crippen LogP contribution in [0.25, 0.3) is 10.6 Å². The molecule has 0 spiro atoms. The molecule has 118 valence electrons. The minimum absolute atomic E-state index is 0.100. The molecular weight excluding hydrogens is 296 g/mol. The van der Waals surface area contributed by atoms with E-state index in [9.17, 15) is 4.79 Å². The second-order valence-corrected chi connectivity index (χ2v) is 6.36. The average Bonchev–Trinajstić information content (AvgIpc) is 3.02. The minimum atomic E-state index is -0.100. The smallest absolute Gasteiger partial charge is 0.271 e. The molecule has 0 fully saturated rings. The Labute approximate surface area is 135 Å². The van der Waals surface area contributed by atoms with Gasteiger partial charge in [-0.05, 0) is 36.6 Å². The van der Waals surface area contributed by atoms with Gasteiger partial charge in [-0.2, -0.15) is 0 Å². The van der Waals surface area contributed by atoms with E-state index in [4.69, 9.17) is 4.74 Å².